The van der Waals surface area contributed by atoms with Crippen LogP contribution in [0.4, 0.5) is 0 Å². The van der Waals surface area contributed by atoms with Crippen LogP contribution in [0.1, 0.15) is 38.5 Å². The van der Waals surface area contributed by atoms with Gasteiger partial charge in [0.15, 0.2) is 0 Å². The molecule has 1 aliphatic heterocycles. The molecule has 2 aliphatic carbocycles. The molecule has 2 saturated carbocycles. The van der Waals surface area contributed by atoms with E-state index in [4.69, 9.17) is 5.11 Å². The van der Waals surface area contributed by atoms with E-state index < -0.39 is 5.97 Å². The maximum absolute atomic E-state index is 11.8. The number of rotatable bonds is 4. The van der Waals surface area contributed by atoms with Crippen LogP contribution in [0, 0.1) is 17.3 Å². The highest BCUT2D eigenvalue weighted by atomic mass is 16.4. The summed E-state index contributed by atoms with van der Waals surface area (Å²) in [5.41, 5.74) is 0.385. The molecule has 4 nitrogen and oxygen atoms in total. The Morgan fingerprint density at radius 3 is 2.59 bits per heavy atom. The van der Waals surface area contributed by atoms with Crippen LogP contribution in [0.3, 0.4) is 0 Å². The number of carboxylic acid groups (broad SMARTS) is 1. The summed E-state index contributed by atoms with van der Waals surface area (Å²) in [5, 5.41) is 9.04. The molecule has 0 aromatic heterocycles. The van der Waals surface area contributed by atoms with Crippen LogP contribution >= 0.6 is 0 Å². The first-order valence-corrected chi connectivity index (χ1v) is 6.61. The van der Waals surface area contributed by atoms with Gasteiger partial charge in [0.05, 0.1) is 5.92 Å². The van der Waals surface area contributed by atoms with Gasteiger partial charge in [-0.3, -0.25) is 9.59 Å². The monoisotopic (exact) mass is 237 g/mol. The Kier molecular flexibility index (Phi) is 2.42. The lowest BCUT2D eigenvalue weighted by atomic mass is 9.94. The van der Waals surface area contributed by atoms with E-state index in [0.717, 1.165) is 12.5 Å². The van der Waals surface area contributed by atoms with Crippen LogP contribution < -0.4 is 0 Å². The summed E-state index contributed by atoms with van der Waals surface area (Å²) < 4.78 is 0. The predicted molar refractivity (Wildman–Crippen MR) is 61.3 cm³/mol. The third-order valence-corrected chi connectivity index (χ3v) is 4.69. The third-order valence-electron chi connectivity index (χ3n) is 4.69. The van der Waals surface area contributed by atoms with Gasteiger partial charge in [-0.25, -0.2) is 0 Å². The molecule has 0 spiro atoms. The van der Waals surface area contributed by atoms with E-state index in [0.29, 0.717) is 24.8 Å². The summed E-state index contributed by atoms with van der Waals surface area (Å²) in [6, 6.07) is 0. The molecule has 0 radical (unpaired) electrons. The Morgan fingerprint density at radius 2 is 2.06 bits per heavy atom. The van der Waals surface area contributed by atoms with E-state index >= 15 is 0 Å². The van der Waals surface area contributed by atoms with Crippen LogP contribution in [-0.2, 0) is 9.59 Å². The largest absolute Gasteiger partial charge is 0.481 e. The lowest BCUT2D eigenvalue weighted by Crippen LogP contribution is -2.45. The van der Waals surface area contributed by atoms with E-state index in [9.17, 15) is 9.59 Å². The summed E-state index contributed by atoms with van der Waals surface area (Å²) in [7, 11) is 0. The van der Waals surface area contributed by atoms with E-state index in [1.165, 1.54) is 25.7 Å². The maximum atomic E-state index is 11.8. The Balaban J connectivity index is 1.64. The van der Waals surface area contributed by atoms with Gasteiger partial charge in [0, 0.05) is 19.5 Å². The second kappa shape index (κ2) is 3.72. The van der Waals surface area contributed by atoms with E-state index in [1.54, 1.807) is 0 Å². The number of nitrogens with zero attached hydrogens (tertiary/aromatic N) is 1. The van der Waals surface area contributed by atoms with Gasteiger partial charge < -0.3 is 10.0 Å². The topological polar surface area (TPSA) is 57.6 Å². The molecule has 3 rings (SSSR count). The van der Waals surface area contributed by atoms with Crippen molar-refractivity contribution in [1.29, 1.82) is 0 Å². The third kappa shape index (κ3) is 2.05. The van der Waals surface area contributed by atoms with Gasteiger partial charge in [-0.05, 0) is 43.4 Å². The first kappa shape index (κ1) is 11.1. The SMILES string of the molecule is O=C(O)C1CCC(=O)N(CC2(C3CC3)CC2)C1. The number of likely N-dealkylation sites (tertiary alicyclic amines) is 1. The van der Waals surface area contributed by atoms with Crippen molar-refractivity contribution >= 4 is 11.9 Å². The highest BCUT2D eigenvalue weighted by molar-refractivity contribution is 5.80. The summed E-state index contributed by atoms with van der Waals surface area (Å²) in [5.74, 6) is -0.114. The zero-order valence-electron chi connectivity index (χ0n) is 10.0. The lowest BCUT2D eigenvalue weighted by Gasteiger charge is -2.33. The van der Waals surface area contributed by atoms with Crippen molar-refractivity contribution in [2.75, 3.05) is 13.1 Å². The number of aliphatic carboxylic acids is 1. The minimum Gasteiger partial charge on any atom is -0.481 e. The van der Waals surface area contributed by atoms with Crippen molar-refractivity contribution < 1.29 is 14.7 Å². The molecular formula is C13H19NO3. The lowest BCUT2D eigenvalue weighted by molar-refractivity contribution is -0.147. The molecule has 1 amide bonds. The zero-order chi connectivity index (χ0) is 12.0. The molecule has 0 bridgehead atoms. The minimum atomic E-state index is -0.751. The van der Waals surface area contributed by atoms with Gasteiger partial charge in [-0.2, -0.15) is 0 Å². The van der Waals surface area contributed by atoms with Crippen molar-refractivity contribution in [3.8, 4) is 0 Å². The summed E-state index contributed by atoms with van der Waals surface area (Å²) >= 11 is 0. The molecule has 1 N–H and O–H groups in total. The quantitative estimate of drug-likeness (QED) is 0.806. The molecule has 3 aliphatic rings. The molecular weight excluding hydrogens is 218 g/mol. The fourth-order valence-corrected chi connectivity index (χ4v) is 3.20. The van der Waals surface area contributed by atoms with Crippen LogP contribution in [0.2, 0.25) is 0 Å². The van der Waals surface area contributed by atoms with E-state index in [-0.39, 0.29) is 11.8 Å². The van der Waals surface area contributed by atoms with Gasteiger partial charge in [0.25, 0.3) is 0 Å². The highest BCUT2D eigenvalue weighted by Crippen LogP contribution is 2.61. The molecule has 0 aromatic rings. The van der Waals surface area contributed by atoms with Gasteiger partial charge in [-0.15, -0.1) is 0 Å². The second-order valence-electron chi connectivity index (χ2n) is 5.98. The summed E-state index contributed by atoms with van der Waals surface area (Å²) in [6.45, 7) is 1.25. The Hall–Kier alpha value is -1.06. The van der Waals surface area contributed by atoms with Gasteiger partial charge in [0.2, 0.25) is 5.91 Å². The van der Waals surface area contributed by atoms with Gasteiger partial charge in [-0.1, -0.05) is 0 Å². The number of amides is 1. The summed E-state index contributed by atoms with van der Waals surface area (Å²) in [4.78, 5) is 24.7. The predicted octanol–water partition coefficient (Wildman–Crippen LogP) is 1.50. The van der Waals surface area contributed by atoms with Crippen molar-refractivity contribution in [3.05, 3.63) is 0 Å². The number of hydrogen-bond acceptors (Lipinski definition) is 2. The molecule has 0 aromatic carbocycles. The van der Waals surface area contributed by atoms with Crippen LogP contribution in [-0.4, -0.2) is 35.0 Å². The zero-order valence-corrected chi connectivity index (χ0v) is 10.0. The molecule has 94 valence electrons. The second-order valence-corrected chi connectivity index (χ2v) is 5.98. The highest BCUT2D eigenvalue weighted by Gasteiger charge is 2.55. The Labute approximate surface area is 101 Å². The standard InChI is InChI=1S/C13H19NO3/c15-11-4-1-9(12(16)17)7-14(11)8-13(5-6-13)10-2-3-10/h9-10H,1-8H2,(H,16,17). The van der Waals surface area contributed by atoms with Crippen molar-refractivity contribution in [2.45, 2.75) is 38.5 Å². The van der Waals surface area contributed by atoms with Gasteiger partial charge >= 0.3 is 5.97 Å². The number of hydrogen-bond donors (Lipinski definition) is 1. The average Bonchev–Trinajstić information content (AvgIpc) is 3.13. The Morgan fingerprint density at radius 1 is 1.35 bits per heavy atom. The van der Waals surface area contributed by atoms with Crippen LogP contribution in [0.15, 0.2) is 0 Å². The summed E-state index contributed by atoms with van der Waals surface area (Å²) in [6.07, 6.45) is 6.02. The molecule has 3 fully saturated rings. The van der Waals surface area contributed by atoms with Crippen molar-refractivity contribution in [1.82, 2.24) is 4.90 Å². The van der Waals surface area contributed by atoms with Crippen LogP contribution in [0.25, 0.3) is 0 Å². The molecule has 1 heterocycles. The molecule has 1 saturated heterocycles. The van der Waals surface area contributed by atoms with Crippen molar-refractivity contribution in [2.24, 2.45) is 17.3 Å². The van der Waals surface area contributed by atoms with Crippen molar-refractivity contribution in [3.63, 3.8) is 0 Å². The minimum absolute atomic E-state index is 0.162. The first-order valence-electron chi connectivity index (χ1n) is 6.61. The average molecular weight is 237 g/mol. The molecule has 1 unspecified atom stereocenters. The number of carbonyl (C=O) groups is 2. The number of carbonyl (C=O) groups excluding carboxylic acids is 1. The molecule has 1 atom stereocenters. The van der Waals surface area contributed by atoms with E-state index in [1.807, 2.05) is 4.90 Å². The normalized spacial score (nSPS) is 31.4. The molecule has 4 heteroatoms. The fourth-order valence-electron chi connectivity index (χ4n) is 3.20. The smallest absolute Gasteiger partial charge is 0.308 e. The van der Waals surface area contributed by atoms with E-state index in [2.05, 4.69) is 0 Å². The van der Waals surface area contributed by atoms with Crippen LogP contribution in [0.5, 0.6) is 0 Å². The number of carboxylic acids is 1. The first-order chi connectivity index (χ1) is 8.11. The van der Waals surface area contributed by atoms with Gasteiger partial charge in [0.1, 0.15) is 0 Å². The fraction of sp³-hybridized carbons (Fsp3) is 0.846. The Bertz CT molecular complexity index is 358. The maximum Gasteiger partial charge on any atom is 0.308 e. The number of piperidine rings is 1. The molecule has 17 heavy (non-hydrogen) atoms.